The van der Waals surface area contributed by atoms with Crippen molar-refractivity contribution in [2.45, 2.75) is 37.1 Å². The topological polar surface area (TPSA) is 58.2 Å². The Morgan fingerprint density at radius 3 is 2.95 bits per heavy atom. The van der Waals surface area contributed by atoms with Crippen molar-refractivity contribution in [3.8, 4) is 0 Å². The fraction of sp³-hybridized carbons (Fsp3) is 0.538. The van der Waals surface area contributed by atoms with E-state index in [1.165, 1.54) is 6.42 Å². The Balaban J connectivity index is 1.99. The molecule has 106 valence electrons. The van der Waals surface area contributed by atoms with E-state index in [0.29, 0.717) is 23.2 Å². The Labute approximate surface area is 119 Å². The van der Waals surface area contributed by atoms with Crippen LogP contribution in [0.25, 0.3) is 0 Å². The lowest BCUT2D eigenvalue weighted by Crippen LogP contribution is -2.31. The fourth-order valence-corrected chi connectivity index (χ4v) is 3.87. The van der Waals surface area contributed by atoms with Crippen molar-refractivity contribution >= 4 is 21.6 Å². The third kappa shape index (κ3) is 3.69. The second-order valence-corrected chi connectivity index (χ2v) is 6.99. The predicted octanol–water partition coefficient (Wildman–Crippen LogP) is 2.07. The van der Waals surface area contributed by atoms with Crippen LogP contribution in [0.4, 0.5) is 0 Å². The van der Waals surface area contributed by atoms with E-state index in [2.05, 4.69) is 10.0 Å². The summed E-state index contributed by atoms with van der Waals surface area (Å²) in [5.74, 6) is 0. The van der Waals surface area contributed by atoms with Gasteiger partial charge in [-0.3, -0.25) is 0 Å². The highest BCUT2D eigenvalue weighted by atomic mass is 35.5. The number of nitrogens with one attached hydrogen (secondary N) is 2. The van der Waals surface area contributed by atoms with Gasteiger partial charge >= 0.3 is 0 Å². The van der Waals surface area contributed by atoms with Gasteiger partial charge in [-0.2, -0.15) is 0 Å². The third-order valence-electron chi connectivity index (χ3n) is 3.45. The minimum atomic E-state index is -3.47. The zero-order valence-corrected chi connectivity index (χ0v) is 12.5. The van der Waals surface area contributed by atoms with Crippen LogP contribution in [0.15, 0.2) is 23.1 Å². The number of hydrogen-bond donors (Lipinski definition) is 2. The zero-order valence-electron chi connectivity index (χ0n) is 10.9. The smallest absolute Gasteiger partial charge is 0.240 e. The van der Waals surface area contributed by atoms with Crippen LogP contribution in [-0.4, -0.2) is 27.5 Å². The predicted molar refractivity (Wildman–Crippen MR) is 77.0 cm³/mol. The summed E-state index contributed by atoms with van der Waals surface area (Å²) in [6.07, 6.45) is 3.11. The molecule has 2 N–H and O–H groups in total. The van der Waals surface area contributed by atoms with Crippen LogP contribution in [0.5, 0.6) is 0 Å². The van der Waals surface area contributed by atoms with E-state index in [1.807, 2.05) is 0 Å². The third-order valence-corrected chi connectivity index (χ3v) is 5.47. The van der Waals surface area contributed by atoms with Gasteiger partial charge in [0.05, 0.1) is 4.90 Å². The molecule has 0 aromatic heterocycles. The van der Waals surface area contributed by atoms with Gasteiger partial charge in [-0.25, -0.2) is 13.1 Å². The van der Waals surface area contributed by atoms with Crippen LogP contribution in [0.2, 0.25) is 5.02 Å². The lowest BCUT2D eigenvalue weighted by Gasteiger charge is -2.12. The summed E-state index contributed by atoms with van der Waals surface area (Å²) in [6.45, 7) is 3.20. The summed E-state index contributed by atoms with van der Waals surface area (Å²) in [5, 5.41) is 3.82. The number of hydrogen-bond acceptors (Lipinski definition) is 3. The van der Waals surface area contributed by atoms with Crippen molar-refractivity contribution in [2.75, 3.05) is 13.1 Å². The normalized spacial score (nSPS) is 19.8. The maximum Gasteiger partial charge on any atom is 0.240 e. The summed E-state index contributed by atoms with van der Waals surface area (Å²) >= 11 is 5.96. The summed E-state index contributed by atoms with van der Waals surface area (Å²) in [7, 11) is -3.47. The molecule has 1 atom stereocenters. The molecule has 0 aliphatic carbocycles. The minimum Gasteiger partial charge on any atom is -0.314 e. The van der Waals surface area contributed by atoms with E-state index in [0.717, 1.165) is 19.4 Å². The number of rotatable bonds is 5. The van der Waals surface area contributed by atoms with Gasteiger partial charge < -0.3 is 5.32 Å². The first-order chi connectivity index (χ1) is 9.00. The Bertz CT molecular complexity index is 540. The average molecular weight is 303 g/mol. The van der Waals surface area contributed by atoms with Gasteiger partial charge in [0, 0.05) is 17.6 Å². The zero-order chi connectivity index (χ0) is 13.9. The quantitative estimate of drug-likeness (QED) is 0.875. The summed E-state index contributed by atoms with van der Waals surface area (Å²) in [5.41, 5.74) is 0.593. The molecule has 0 amide bonds. The van der Waals surface area contributed by atoms with Gasteiger partial charge in [-0.1, -0.05) is 17.7 Å². The lowest BCUT2D eigenvalue weighted by atomic mass is 10.2. The Morgan fingerprint density at radius 2 is 2.26 bits per heavy atom. The molecule has 1 fully saturated rings. The molecule has 4 nitrogen and oxygen atoms in total. The van der Waals surface area contributed by atoms with Crippen molar-refractivity contribution in [3.05, 3.63) is 28.8 Å². The van der Waals surface area contributed by atoms with E-state index in [1.54, 1.807) is 25.1 Å². The first-order valence-corrected chi connectivity index (χ1v) is 8.35. The highest BCUT2D eigenvalue weighted by Crippen LogP contribution is 2.22. The molecule has 0 saturated carbocycles. The molecule has 1 saturated heterocycles. The van der Waals surface area contributed by atoms with E-state index in [-0.39, 0.29) is 4.90 Å². The SMILES string of the molecule is Cc1c(Cl)cccc1S(=O)(=O)NCC[C@H]1CCCN1. The molecule has 2 rings (SSSR count). The highest BCUT2D eigenvalue weighted by molar-refractivity contribution is 7.89. The van der Waals surface area contributed by atoms with Crippen molar-refractivity contribution in [1.82, 2.24) is 10.0 Å². The number of halogens is 1. The van der Waals surface area contributed by atoms with Crippen LogP contribution >= 0.6 is 11.6 Å². The van der Waals surface area contributed by atoms with Crippen molar-refractivity contribution < 1.29 is 8.42 Å². The van der Waals surface area contributed by atoms with E-state index in [4.69, 9.17) is 11.6 Å². The van der Waals surface area contributed by atoms with E-state index < -0.39 is 10.0 Å². The van der Waals surface area contributed by atoms with Crippen LogP contribution in [0.1, 0.15) is 24.8 Å². The van der Waals surface area contributed by atoms with Crippen LogP contribution in [-0.2, 0) is 10.0 Å². The van der Waals surface area contributed by atoms with E-state index >= 15 is 0 Å². The number of benzene rings is 1. The monoisotopic (exact) mass is 302 g/mol. The van der Waals surface area contributed by atoms with Crippen LogP contribution in [0.3, 0.4) is 0 Å². The van der Waals surface area contributed by atoms with Gasteiger partial charge in [0.25, 0.3) is 0 Å². The molecule has 0 spiro atoms. The second-order valence-electron chi connectivity index (χ2n) is 4.84. The summed E-state index contributed by atoms with van der Waals surface area (Å²) in [4.78, 5) is 0.263. The molecule has 1 aromatic rings. The molecule has 0 bridgehead atoms. The number of sulfonamides is 1. The van der Waals surface area contributed by atoms with Gasteiger partial charge in [0.1, 0.15) is 0 Å². The molecule has 0 unspecified atom stereocenters. The second kappa shape index (κ2) is 6.22. The maximum atomic E-state index is 12.2. The van der Waals surface area contributed by atoms with Gasteiger partial charge in [0.2, 0.25) is 10.0 Å². The average Bonchev–Trinajstić information content (AvgIpc) is 2.85. The highest BCUT2D eigenvalue weighted by Gasteiger charge is 2.19. The first-order valence-electron chi connectivity index (χ1n) is 6.49. The largest absolute Gasteiger partial charge is 0.314 e. The van der Waals surface area contributed by atoms with Crippen LogP contribution < -0.4 is 10.0 Å². The van der Waals surface area contributed by atoms with E-state index in [9.17, 15) is 8.42 Å². The Morgan fingerprint density at radius 1 is 1.47 bits per heavy atom. The standard InChI is InChI=1S/C13H19ClN2O2S/c1-10-12(14)5-2-6-13(10)19(17,18)16-9-7-11-4-3-8-15-11/h2,5-6,11,15-16H,3-4,7-9H2,1H3/t11-/m1/s1. The maximum absolute atomic E-state index is 12.2. The van der Waals surface area contributed by atoms with Crippen molar-refractivity contribution in [3.63, 3.8) is 0 Å². The van der Waals surface area contributed by atoms with Crippen LogP contribution in [0, 0.1) is 6.92 Å². The van der Waals surface area contributed by atoms with Gasteiger partial charge in [0.15, 0.2) is 0 Å². The lowest BCUT2D eigenvalue weighted by molar-refractivity contribution is 0.539. The molecule has 1 heterocycles. The summed E-state index contributed by atoms with van der Waals surface area (Å²) in [6, 6.07) is 5.36. The molecule has 1 aliphatic heterocycles. The fourth-order valence-electron chi connectivity index (χ4n) is 2.33. The molecule has 19 heavy (non-hydrogen) atoms. The first kappa shape index (κ1) is 14.8. The van der Waals surface area contributed by atoms with Gasteiger partial charge in [-0.05, 0) is 50.4 Å². The molecular formula is C13H19ClN2O2S. The molecular weight excluding hydrogens is 284 g/mol. The molecule has 1 aromatic carbocycles. The Kier molecular flexibility index (Phi) is 4.84. The molecule has 1 aliphatic rings. The van der Waals surface area contributed by atoms with Crippen molar-refractivity contribution in [1.29, 1.82) is 0 Å². The summed E-state index contributed by atoms with van der Waals surface area (Å²) < 4.78 is 27.0. The molecule has 6 heteroatoms. The van der Waals surface area contributed by atoms with Gasteiger partial charge in [-0.15, -0.1) is 0 Å². The molecule has 0 radical (unpaired) electrons. The minimum absolute atomic E-state index is 0.263. The van der Waals surface area contributed by atoms with Crippen molar-refractivity contribution in [2.24, 2.45) is 0 Å². The Hall–Kier alpha value is -0.620.